The number of hydrogen-bond acceptors (Lipinski definition) is 5. The summed E-state index contributed by atoms with van der Waals surface area (Å²) in [7, 11) is 0. The van der Waals surface area contributed by atoms with Gasteiger partial charge in [0, 0.05) is 12.3 Å². The van der Waals surface area contributed by atoms with E-state index >= 15 is 0 Å². The molecule has 17 heavy (non-hydrogen) atoms. The van der Waals surface area contributed by atoms with Crippen LogP contribution in [0.25, 0.3) is 0 Å². The van der Waals surface area contributed by atoms with Gasteiger partial charge in [-0.15, -0.1) is 5.10 Å². The summed E-state index contributed by atoms with van der Waals surface area (Å²) in [5.41, 5.74) is 6.34. The van der Waals surface area contributed by atoms with E-state index in [1.54, 1.807) is 10.7 Å². The molecule has 1 aromatic carbocycles. The van der Waals surface area contributed by atoms with Crippen LogP contribution < -0.4 is 5.73 Å². The SMILES string of the molecule is NCCn1nnnc1SCc1cccc(F)c1. The highest BCUT2D eigenvalue weighted by Gasteiger charge is 2.06. The number of benzene rings is 1. The fourth-order valence-corrected chi connectivity index (χ4v) is 2.18. The van der Waals surface area contributed by atoms with Crippen LogP contribution in [0.15, 0.2) is 29.4 Å². The molecular formula is C10H12FN5S. The molecule has 0 saturated heterocycles. The van der Waals surface area contributed by atoms with E-state index in [1.807, 2.05) is 6.07 Å². The van der Waals surface area contributed by atoms with Gasteiger partial charge in [0.15, 0.2) is 0 Å². The van der Waals surface area contributed by atoms with Gasteiger partial charge in [0.05, 0.1) is 6.54 Å². The van der Waals surface area contributed by atoms with Crippen molar-refractivity contribution in [2.45, 2.75) is 17.5 Å². The van der Waals surface area contributed by atoms with Crippen molar-refractivity contribution in [3.05, 3.63) is 35.6 Å². The Bertz CT molecular complexity index is 487. The quantitative estimate of drug-likeness (QED) is 0.807. The zero-order valence-corrected chi connectivity index (χ0v) is 9.90. The van der Waals surface area contributed by atoms with Crippen LogP contribution >= 0.6 is 11.8 Å². The number of thioether (sulfide) groups is 1. The predicted octanol–water partition coefficient (Wildman–Crippen LogP) is 1.06. The Morgan fingerprint density at radius 3 is 3.06 bits per heavy atom. The lowest BCUT2D eigenvalue weighted by molar-refractivity contribution is 0.557. The minimum atomic E-state index is -0.232. The Balaban J connectivity index is 1.99. The fourth-order valence-electron chi connectivity index (χ4n) is 1.34. The number of halogens is 1. The average Bonchev–Trinajstić information content (AvgIpc) is 2.75. The second-order valence-electron chi connectivity index (χ2n) is 3.39. The third-order valence-electron chi connectivity index (χ3n) is 2.10. The number of hydrogen-bond donors (Lipinski definition) is 1. The van der Waals surface area contributed by atoms with E-state index in [9.17, 15) is 4.39 Å². The van der Waals surface area contributed by atoms with Gasteiger partial charge < -0.3 is 5.73 Å². The molecule has 7 heteroatoms. The standard InChI is InChI=1S/C10H12FN5S/c11-9-3-1-2-8(6-9)7-17-10-13-14-15-16(10)5-4-12/h1-3,6H,4-5,7,12H2. The smallest absolute Gasteiger partial charge is 0.209 e. The van der Waals surface area contributed by atoms with Gasteiger partial charge in [0.25, 0.3) is 0 Å². The van der Waals surface area contributed by atoms with Crippen molar-refractivity contribution < 1.29 is 4.39 Å². The van der Waals surface area contributed by atoms with Crippen LogP contribution in [0.5, 0.6) is 0 Å². The molecule has 1 aromatic heterocycles. The predicted molar refractivity (Wildman–Crippen MR) is 62.8 cm³/mol. The monoisotopic (exact) mass is 253 g/mol. The van der Waals surface area contributed by atoms with Gasteiger partial charge in [-0.1, -0.05) is 23.9 Å². The first-order valence-corrected chi connectivity index (χ1v) is 6.11. The maximum Gasteiger partial charge on any atom is 0.209 e. The number of rotatable bonds is 5. The van der Waals surface area contributed by atoms with Gasteiger partial charge >= 0.3 is 0 Å². The van der Waals surface area contributed by atoms with Crippen molar-refractivity contribution in [1.29, 1.82) is 0 Å². The normalized spacial score (nSPS) is 10.7. The summed E-state index contributed by atoms with van der Waals surface area (Å²) < 4.78 is 14.6. The lowest BCUT2D eigenvalue weighted by Gasteiger charge is -2.02. The second kappa shape index (κ2) is 5.74. The molecule has 0 fully saturated rings. The van der Waals surface area contributed by atoms with E-state index < -0.39 is 0 Å². The highest BCUT2D eigenvalue weighted by molar-refractivity contribution is 7.98. The van der Waals surface area contributed by atoms with Crippen LogP contribution in [0.4, 0.5) is 4.39 Å². The van der Waals surface area contributed by atoms with Gasteiger partial charge in [0.1, 0.15) is 5.82 Å². The molecule has 0 atom stereocenters. The van der Waals surface area contributed by atoms with Gasteiger partial charge in [-0.25, -0.2) is 9.07 Å². The highest BCUT2D eigenvalue weighted by Crippen LogP contribution is 2.19. The second-order valence-corrected chi connectivity index (χ2v) is 4.33. The molecule has 0 aliphatic carbocycles. The highest BCUT2D eigenvalue weighted by atomic mass is 32.2. The van der Waals surface area contributed by atoms with Crippen LogP contribution in [0, 0.1) is 5.82 Å². The van der Waals surface area contributed by atoms with Crippen LogP contribution in [-0.2, 0) is 12.3 Å². The lowest BCUT2D eigenvalue weighted by Crippen LogP contribution is -2.12. The van der Waals surface area contributed by atoms with Crippen LogP contribution in [0.3, 0.4) is 0 Å². The van der Waals surface area contributed by atoms with E-state index in [-0.39, 0.29) is 5.82 Å². The average molecular weight is 253 g/mol. The molecular weight excluding hydrogens is 241 g/mol. The van der Waals surface area contributed by atoms with E-state index in [2.05, 4.69) is 15.5 Å². The largest absolute Gasteiger partial charge is 0.329 e. The van der Waals surface area contributed by atoms with Crippen molar-refractivity contribution in [2.75, 3.05) is 6.54 Å². The number of nitrogens with two attached hydrogens (primary N) is 1. The molecule has 0 radical (unpaired) electrons. The maximum absolute atomic E-state index is 13.0. The van der Waals surface area contributed by atoms with Crippen LogP contribution in [0.1, 0.15) is 5.56 Å². The minimum Gasteiger partial charge on any atom is -0.329 e. The third-order valence-corrected chi connectivity index (χ3v) is 3.13. The molecule has 2 aromatic rings. The van der Waals surface area contributed by atoms with Gasteiger partial charge in [-0.2, -0.15) is 0 Å². The van der Waals surface area contributed by atoms with E-state index in [0.717, 1.165) is 5.56 Å². The first-order valence-electron chi connectivity index (χ1n) is 5.13. The third kappa shape index (κ3) is 3.24. The number of aromatic nitrogens is 4. The first kappa shape index (κ1) is 12.0. The molecule has 90 valence electrons. The van der Waals surface area contributed by atoms with Crippen LogP contribution in [0.2, 0.25) is 0 Å². The van der Waals surface area contributed by atoms with Gasteiger partial charge in [-0.05, 0) is 28.1 Å². The topological polar surface area (TPSA) is 69.6 Å². The van der Waals surface area contributed by atoms with Crippen molar-refractivity contribution in [3.63, 3.8) is 0 Å². The Hall–Kier alpha value is -1.47. The van der Waals surface area contributed by atoms with Crippen molar-refractivity contribution in [2.24, 2.45) is 5.73 Å². The molecule has 0 bridgehead atoms. The van der Waals surface area contributed by atoms with Crippen molar-refractivity contribution >= 4 is 11.8 Å². The molecule has 0 amide bonds. The number of tetrazole rings is 1. The molecule has 0 spiro atoms. The van der Waals surface area contributed by atoms with Crippen molar-refractivity contribution in [1.82, 2.24) is 20.2 Å². The lowest BCUT2D eigenvalue weighted by atomic mass is 10.2. The molecule has 2 rings (SSSR count). The van der Waals surface area contributed by atoms with E-state index in [0.29, 0.717) is 24.0 Å². The Labute approximate surface area is 102 Å². The molecule has 2 N–H and O–H groups in total. The molecule has 0 unspecified atom stereocenters. The summed E-state index contributed by atoms with van der Waals surface area (Å²) >= 11 is 1.46. The Morgan fingerprint density at radius 2 is 2.29 bits per heavy atom. The molecule has 5 nitrogen and oxygen atoms in total. The maximum atomic E-state index is 13.0. The molecule has 0 aliphatic rings. The summed E-state index contributed by atoms with van der Waals surface area (Å²) in [6, 6.07) is 6.48. The van der Waals surface area contributed by atoms with Crippen molar-refractivity contribution in [3.8, 4) is 0 Å². The van der Waals surface area contributed by atoms with Gasteiger partial charge in [-0.3, -0.25) is 0 Å². The zero-order valence-electron chi connectivity index (χ0n) is 9.08. The summed E-state index contributed by atoms with van der Waals surface area (Å²) in [5, 5.41) is 12.0. The summed E-state index contributed by atoms with van der Waals surface area (Å²) in [4.78, 5) is 0. The summed E-state index contributed by atoms with van der Waals surface area (Å²) in [6.07, 6.45) is 0. The Kier molecular flexibility index (Phi) is 4.05. The molecule has 0 aliphatic heterocycles. The fraction of sp³-hybridized carbons (Fsp3) is 0.300. The first-order chi connectivity index (χ1) is 8.29. The zero-order chi connectivity index (χ0) is 12.1. The van der Waals surface area contributed by atoms with Gasteiger partial charge in [0.2, 0.25) is 5.16 Å². The minimum absolute atomic E-state index is 0.232. The summed E-state index contributed by atoms with van der Waals surface area (Å²) in [6.45, 7) is 1.07. The summed E-state index contributed by atoms with van der Waals surface area (Å²) in [5.74, 6) is 0.396. The van der Waals surface area contributed by atoms with Crippen LogP contribution in [-0.4, -0.2) is 26.8 Å². The molecule has 0 saturated carbocycles. The number of nitrogens with zero attached hydrogens (tertiary/aromatic N) is 4. The molecule has 1 heterocycles. The van der Waals surface area contributed by atoms with E-state index in [1.165, 1.54) is 23.9 Å². The van der Waals surface area contributed by atoms with E-state index in [4.69, 9.17) is 5.73 Å². The Morgan fingerprint density at radius 1 is 1.41 bits per heavy atom.